The molecule has 0 unspecified atom stereocenters. The zero-order valence-electron chi connectivity index (χ0n) is 8.18. The predicted octanol–water partition coefficient (Wildman–Crippen LogP) is 4.05. The Morgan fingerprint density at radius 2 is 2.07 bits per heavy atom. The third-order valence-corrected chi connectivity index (χ3v) is 3.27. The molecule has 84 valence electrons. The van der Waals surface area contributed by atoms with E-state index in [1.54, 1.807) is 7.05 Å². The summed E-state index contributed by atoms with van der Waals surface area (Å²) < 4.78 is 25.2. The van der Waals surface area contributed by atoms with E-state index in [1.807, 2.05) is 18.2 Å². The van der Waals surface area contributed by atoms with Crippen molar-refractivity contribution < 1.29 is 8.78 Å². The lowest BCUT2D eigenvalue weighted by Crippen LogP contribution is -2.24. The second-order valence-corrected chi connectivity index (χ2v) is 4.61. The summed E-state index contributed by atoms with van der Waals surface area (Å²) in [5.41, 5.74) is 1.89. The monoisotopic (exact) mass is 341 g/mol. The van der Waals surface area contributed by atoms with E-state index < -0.39 is 6.43 Å². The molecule has 0 aliphatic heterocycles. The first kappa shape index (κ1) is 12.9. The van der Waals surface area contributed by atoms with Gasteiger partial charge in [-0.2, -0.15) is 0 Å². The third kappa shape index (κ3) is 3.72. The fourth-order valence-electron chi connectivity index (χ4n) is 1.25. The fourth-order valence-corrected chi connectivity index (χ4v) is 2.33. The summed E-state index contributed by atoms with van der Waals surface area (Å²) in [6, 6.07) is 5.67. The molecule has 0 saturated carbocycles. The van der Waals surface area contributed by atoms with Gasteiger partial charge in [-0.3, -0.25) is 0 Å². The summed E-state index contributed by atoms with van der Waals surface area (Å²) in [4.78, 5) is 1.53. The highest BCUT2D eigenvalue weighted by molar-refractivity contribution is 9.10. The zero-order valence-corrected chi connectivity index (χ0v) is 11.4. The van der Waals surface area contributed by atoms with Crippen molar-refractivity contribution in [1.82, 2.24) is 0 Å². The second-order valence-electron chi connectivity index (χ2n) is 3.19. The average Bonchev–Trinajstić information content (AvgIpc) is 2.16. The van der Waals surface area contributed by atoms with E-state index in [1.165, 1.54) is 4.90 Å². The highest BCUT2D eigenvalue weighted by Gasteiger charge is 2.11. The Balaban J connectivity index is 2.85. The molecule has 1 nitrogen and oxygen atoms in total. The molecule has 0 spiro atoms. The molecule has 0 atom stereocenters. The van der Waals surface area contributed by atoms with Gasteiger partial charge >= 0.3 is 0 Å². The van der Waals surface area contributed by atoms with E-state index in [2.05, 4.69) is 31.9 Å². The molecule has 0 amide bonds. The van der Waals surface area contributed by atoms with Crippen molar-refractivity contribution in [3.63, 3.8) is 0 Å². The molecule has 0 fully saturated rings. The normalized spacial score (nSPS) is 10.8. The summed E-state index contributed by atoms with van der Waals surface area (Å²) in [7, 11) is 1.65. The number of benzene rings is 1. The Labute approximate surface area is 105 Å². The maximum Gasteiger partial charge on any atom is 0.255 e. The smallest absolute Gasteiger partial charge is 0.255 e. The van der Waals surface area contributed by atoms with Gasteiger partial charge in [0.05, 0.1) is 12.2 Å². The maximum absolute atomic E-state index is 12.2. The molecule has 15 heavy (non-hydrogen) atoms. The Kier molecular flexibility index (Phi) is 4.99. The number of hydrogen-bond donors (Lipinski definition) is 0. The van der Waals surface area contributed by atoms with Crippen molar-refractivity contribution in [2.24, 2.45) is 0 Å². The van der Waals surface area contributed by atoms with Crippen molar-refractivity contribution in [2.45, 2.75) is 11.8 Å². The number of halogens is 4. The molecule has 1 aromatic rings. The van der Waals surface area contributed by atoms with Crippen molar-refractivity contribution in [2.75, 3.05) is 18.5 Å². The molecular weight excluding hydrogens is 332 g/mol. The summed E-state index contributed by atoms with van der Waals surface area (Å²) in [5.74, 6) is 0. The first-order chi connectivity index (χ1) is 7.04. The highest BCUT2D eigenvalue weighted by Crippen LogP contribution is 2.27. The minimum absolute atomic E-state index is 0.258. The molecule has 5 heteroatoms. The minimum Gasteiger partial charge on any atom is -0.368 e. The second kappa shape index (κ2) is 5.80. The summed E-state index contributed by atoms with van der Waals surface area (Å²) in [6.45, 7) is -0.258. The van der Waals surface area contributed by atoms with Gasteiger partial charge < -0.3 is 4.90 Å². The largest absolute Gasteiger partial charge is 0.368 e. The summed E-state index contributed by atoms with van der Waals surface area (Å²) in [5, 5.41) is 0.754. The van der Waals surface area contributed by atoms with Gasteiger partial charge in [0.1, 0.15) is 0 Å². The Morgan fingerprint density at radius 1 is 1.40 bits per heavy atom. The molecule has 1 aromatic carbocycles. The third-order valence-electron chi connectivity index (χ3n) is 1.99. The topological polar surface area (TPSA) is 3.24 Å². The molecular formula is C10H11Br2F2N. The van der Waals surface area contributed by atoms with Crippen LogP contribution < -0.4 is 4.90 Å². The van der Waals surface area contributed by atoms with Gasteiger partial charge in [-0.25, -0.2) is 8.78 Å². The number of rotatable bonds is 4. The molecule has 0 saturated heterocycles. The standard InChI is InChI=1S/C10H11Br2F2N/c1-15(6-10(13)14)9-3-2-7(5-11)4-8(9)12/h2-4,10H,5-6H2,1H3. The molecule has 0 bridgehead atoms. The maximum atomic E-state index is 12.2. The fraction of sp³-hybridized carbons (Fsp3) is 0.400. The number of alkyl halides is 3. The van der Waals surface area contributed by atoms with Crippen LogP contribution in [0.15, 0.2) is 22.7 Å². The van der Waals surface area contributed by atoms with Gasteiger partial charge in [0.15, 0.2) is 0 Å². The SMILES string of the molecule is CN(CC(F)F)c1ccc(CBr)cc1Br. The summed E-state index contributed by atoms with van der Waals surface area (Å²) in [6.07, 6.45) is -2.32. The average molecular weight is 343 g/mol. The van der Waals surface area contributed by atoms with Gasteiger partial charge in [-0.1, -0.05) is 22.0 Å². The van der Waals surface area contributed by atoms with E-state index in [4.69, 9.17) is 0 Å². The molecule has 0 aliphatic carbocycles. The van der Waals surface area contributed by atoms with Gasteiger partial charge in [-0.15, -0.1) is 0 Å². The van der Waals surface area contributed by atoms with E-state index >= 15 is 0 Å². The van der Waals surface area contributed by atoms with Crippen LogP contribution in [-0.2, 0) is 5.33 Å². The first-order valence-corrected chi connectivity index (χ1v) is 6.29. The Bertz CT molecular complexity index is 331. The van der Waals surface area contributed by atoms with Crippen LogP contribution in [0.1, 0.15) is 5.56 Å². The van der Waals surface area contributed by atoms with Crippen LogP contribution in [-0.4, -0.2) is 20.0 Å². The van der Waals surface area contributed by atoms with Crippen LogP contribution in [0.2, 0.25) is 0 Å². The van der Waals surface area contributed by atoms with Crippen molar-refractivity contribution in [3.8, 4) is 0 Å². The molecule has 0 heterocycles. The molecule has 0 N–H and O–H groups in total. The molecule has 0 aromatic heterocycles. The van der Waals surface area contributed by atoms with Gasteiger partial charge in [0.2, 0.25) is 0 Å². The van der Waals surface area contributed by atoms with Crippen LogP contribution in [0.25, 0.3) is 0 Å². The van der Waals surface area contributed by atoms with E-state index in [-0.39, 0.29) is 6.54 Å². The van der Waals surface area contributed by atoms with Gasteiger partial charge in [-0.05, 0) is 33.6 Å². The van der Waals surface area contributed by atoms with E-state index in [0.29, 0.717) is 0 Å². The van der Waals surface area contributed by atoms with Crippen LogP contribution in [0.4, 0.5) is 14.5 Å². The minimum atomic E-state index is -2.32. The van der Waals surface area contributed by atoms with E-state index in [0.717, 1.165) is 21.1 Å². The lowest BCUT2D eigenvalue weighted by Gasteiger charge is -2.20. The van der Waals surface area contributed by atoms with Crippen molar-refractivity contribution >= 4 is 37.5 Å². The zero-order chi connectivity index (χ0) is 11.4. The van der Waals surface area contributed by atoms with Crippen molar-refractivity contribution in [3.05, 3.63) is 28.2 Å². The Hall–Kier alpha value is -0.160. The first-order valence-electron chi connectivity index (χ1n) is 4.38. The molecule has 0 radical (unpaired) electrons. The van der Waals surface area contributed by atoms with E-state index in [9.17, 15) is 8.78 Å². The van der Waals surface area contributed by atoms with Gasteiger partial charge in [0.25, 0.3) is 6.43 Å². The quantitative estimate of drug-likeness (QED) is 0.746. The predicted molar refractivity (Wildman–Crippen MR) is 66.0 cm³/mol. The lowest BCUT2D eigenvalue weighted by atomic mass is 10.2. The number of hydrogen-bond acceptors (Lipinski definition) is 1. The van der Waals surface area contributed by atoms with Crippen LogP contribution in [0, 0.1) is 0 Å². The Morgan fingerprint density at radius 3 is 2.53 bits per heavy atom. The lowest BCUT2D eigenvalue weighted by molar-refractivity contribution is 0.156. The van der Waals surface area contributed by atoms with Crippen LogP contribution in [0.5, 0.6) is 0 Å². The number of nitrogens with zero attached hydrogens (tertiary/aromatic N) is 1. The molecule has 0 aliphatic rings. The number of anilines is 1. The summed E-state index contributed by atoms with van der Waals surface area (Å²) >= 11 is 6.71. The highest BCUT2D eigenvalue weighted by atomic mass is 79.9. The van der Waals surface area contributed by atoms with Crippen LogP contribution >= 0.6 is 31.9 Å². The molecule has 1 rings (SSSR count). The van der Waals surface area contributed by atoms with Crippen LogP contribution in [0.3, 0.4) is 0 Å². The van der Waals surface area contributed by atoms with Gasteiger partial charge in [0, 0.05) is 16.9 Å². The van der Waals surface area contributed by atoms with Crippen molar-refractivity contribution in [1.29, 1.82) is 0 Å².